The molecule has 0 aromatic heterocycles. The van der Waals surface area contributed by atoms with Crippen molar-refractivity contribution in [1.29, 1.82) is 0 Å². The second kappa shape index (κ2) is 6.17. The first-order chi connectivity index (χ1) is 8.63. The van der Waals surface area contributed by atoms with Gasteiger partial charge in [-0.1, -0.05) is 0 Å². The summed E-state index contributed by atoms with van der Waals surface area (Å²) in [4.78, 5) is 11.9. The van der Waals surface area contributed by atoms with Gasteiger partial charge in [-0.15, -0.1) is 0 Å². The van der Waals surface area contributed by atoms with Gasteiger partial charge in [-0.3, -0.25) is 4.79 Å². The third-order valence-corrected chi connectivity index (χ3v) is 3.75. The number of hydrogen-bond acceptors (Lipinski definition) is 5. The lowest BCUT2D eigenvalue weighted by Crippen LogP contribution is -2.52. The molecule has 7 nitrogen and oxygen atoms in total. The molecule has 112 valence electrons. The molecule has 1 aliphatic rings. The summed E-state index contributed by atoms with van der Waals surface area (Å²) in [6, 6.07) is 0. The maximum Gasteiger partial charge on any atom is 0.249 e. The molecule has 0 aliphatic carbocycles. The van der Waals surface area contributed by atoms with E-state index in [1.807, 2.05) is 0 Å². The number of nitrogens with two attached hydrogens (primary N) is 1. The Kier molecular flexibility index (Phi) is 5.31. The molecular formula is C11H23N3O4S. The van der Waals surface area contributed by atoms with Gasteiger partial charge in [0, 0.05) is 18.6 Å². The van der Waals surface area contributed by atoms with Crippen LogP contribution in [-0.4, -0.2) is 51.4 Å². The molecule has 0 aromatic carbocycles. The van der Waals surface area contributed by atoms with E-state index >= 15 is 0 Å². The van der Waals surface area contributed by atoms with Crippen LogP contribution in [0.15, 0.2) is 0 Å². The molecule has 1 fully saturated rings. The molecule has 0 saturated carbocycles. The van der Waals surface area contributed by atoms with Gasteiger partial charge in [-0.2, -0.15) is 0 Å². The zero-order chi connectivity index (χ0) is 14.7. The Labute approximate surface area is 114 Å². The largest absolute Gasteiger partial charge is 0.364 e. The highest BCUT2D eigenvalue weighted by atomic mass is 32.2. The first kappa shape index (κ1) is 16.4. The standard InChI is InChI=1S/C11H23N3O4S/c1-11(2,14-19(3,16)17)7-13-10(15)9-5-4-8(6-12)18-9/h8-9,14H,4-7,12H2,1-3H3,(H,13,15). The van der Waals surface area contributed by atoms with Crippen molar-refractivity contribution in [3.8, 4) is 0 Å². The van der Waals surface area contributed by atoms with Crippen molar-refractivity contribution >= 4 is 15.9 Å². The Balaban J connectivity index is 2.42. The van der Waals surface area contributed by atoms with Crippen LogP contribution in [-0.2, 0) is 19.6 Å². The van der Waals surface area contributed by atoms with Gasteiger partial charge < -0.3 is 15.8 Å². The Morgan fingerprint density at radius 3 is 2.53 bits per heavy atom. The Bertz CT molecular complexity index is 422. The Morgan fingerprint density at radius 2 is 2.05 bits per heavy atom. The molecule has 1 saturated heterocycles. The zero-order valence-corrected chi connectivity index (χ0v) is 12.4. The molecule has 2 unspecified atom stereocenters. The van der Waals surface area contributed by atoms with E-state index in [-0.39, 0.29) is 18.6 Å². The van der Waals surface area contributed by atoms with Crippen molar-refractivity contribution in [2.24, 2.45) is 5.73 Å². The molecule has 1 rings (SSSR count). The maximum absolute atomic E-state index is 11.9. The van der Waals surface area contributed by atoms with E-state index in [4.69, 9.17) is 10.5 Å². The van der Waals surface area contributed by atoms with Gasteiger partial charge in [-0.25, -0.2) is 13.1 Å². The lowest BCUT2D eigenvalue weighted by molar-refractivity contribution is -0.132. The fourth-order valence-electron chi connectivity index (χ4n) is 2.03. The smallest absolute Gasteiger partial charge is 0.249 e. The molecule has 0 aromatic rings. The summed E-state index contributed by atoms with van der Waals surface area (Å²) < 4.78 is 30.3. The average molecular weight is 293 g/mol. The summed E-state index contributed by atoms with van der Waals surface area (Å²) in [5.74, 6) is -0.223. The van der Waals surface area contributed by atoms with Crippen LogP contribution < -0.4 is 15.8 Å². The van der Waals surface area contributed by atoms with Crippen LogP contribution in [0.4, 0.5) is 0 Å². The number of hydrogen-bond donors (Lipinski definition) is 3. The molecular weight excluding hydrogens is 270 g/mol. The third-order valence-electron chi connectivity index (χ3n) is 2.83. The Hall–Kier alpha value is -0.700. The summed E-state index contributed by atoms with van der Waals surface area (Å²) in [5, 5.41) is 2.70. The topological polar surface area (TPSA) is 111 Å². The lowest BCUT2D eigenvalue weighted by atomic mass is 10.1. The van der Waals surface area contributed by atoms with Crippen LogP contribution in [0.1, 0.15) is 26.7 Å². The van der Waals surface area contributed by atoms with E-state index in [1.165, 1.54) is 0 Å². The van der Waals surface area contributed by atoms with Crippen molar-refractivity contribution in [1.82, 2.24) is 10.0 Å². The van der Waals surface area contributed by atoms with Crippen LogP contribution in [0.25, 0.3) is 0 Å². The maximum atomic E-state index is 11.9. The highest BCUT2D eigenvalue weighted by Gasteiger charge is 2.31. The summed E-state index contributed by atoms with van der Waals surface area (Å²) >= 11 is 0. The van der Waals surface area contributed by atoms with Crippen LogP contribution in [0.3, 0.4) is 0 Å². The first-order valence-corrected chi connectivity index (χ1v) is 8.14. The van der Waals surface area contributed by atoms with Gasteiger partial charge in [0.1, 0.15) is 6.10 Å². The molecule has 4 N–H and O–H groups in total. The summed E-state index contributed by atoms with van der Waals surface area (Å²) in [7, 11) is -3.31. The zero-order valence-electron chi connectivity index (χ0n) is 11.6. The highest BCUT2D eigenvalue weighted by molar-refractivity contribution is 7.88. The third kappa shape index (κ3) is 5.85. The monoisotopic (exact) mass is 293 g/mol. The van der Waals surface area contributed by atoms with Crippen LogP contribution >= 0.6 is 0 Å². The van der Waals surface area contributed by atoms with Crippen LogP contribution in [0.2, 0.25) is 0 Å². The van der Waals surface area contributed by atoms with Gasteiger partial charge in [-0.05, 0) is 26.7 Å². The number of carbonyl (C=O) groups is 1. The minimum Gasteiger partial charge on any atom is -0.364 e. The predicted molar refractivity (Wildman–Crippen MR) is 72.0 cm³/mol. The average Bonchev–Trinajstić information content (AvgIpc) is 2.71. The summed E-state index contributed by atoms with van der Waals surface area (Å²) in [5.41, 5.74) is 4.73. The Morgan fingerprint density at radius 1 is 1.42 bits per heavy atom. The van der Waals surface area contributed by atoms with Gasteiger partial charge in [0.2, 0.25) is 15.9 Å². The highest BCUT2D eigenvalue weighted by Crippen LogP contribution is 2.18. The van der Waals surface area contributed by atoms with E-state index in [0.717, 1.165) is 12.7 Å². The van der Waals surface area contributed by atoms with Crippen LogP contribution in [0.5, 0.6) is 0 Å². The lowest BCUT2D eigenvalue weighted by Gasteiger charge is -2.26. The predicted octanol–water partition coefficient (Wildman–Crippen LogP) is -1.06. The minimum absolute atomic E-state index is 0.0575. The molecule has 1 amide bonds. The molecule has 2 atom stereocenters. The second-order valence-electron chi connectivity index (χ2n) is 5.54. The van der Waals surface area contributed by atoms with Crippen LogP contribution in [0, 0.1) is 0 Å². The molecule has 19 heavy (non-hydrogen) atoms. The number of sulfonamides is 1. The van der Waals surface area contributed by atoms with Gasteiger partial charge in [0.15, 0.2) is 0 Å². The summed E-state index contributed by atoms with van der Waals surface area (Å²) in [6.45, 7) is 4.01. The molecule has 0 spiro atoms. The SMILES string of the molecule is CC(C)(CNC(=O)C1CCC(CN)O1)NS(C)(=O)=O. The molecule has 8 heteroatoms. The first-order valence-electron chi connectivity index (χ1n) is 6.25. The summed E-state index contributed by atoms with van der Waals surface area (Å²) in [6.07, 6.45) is 1.97. The van der Waals surface area contributed by atoms with Crippen molar-refractivity contribution < 1.29 is 17.9 Å². The molecule has 0 radical (unpaired) electrons. The minimum atomic E-state index is -3.31. The number of carbonyl (C=O) groups excluding carboxylic acids is 1. The van der Waals surface area contributed by atoms with E-state index in [9.17, 15) is 13.2 Å². The van der Waals surface area contributed by atoms with E-state index in [2.05, 4.69) is 10.0 Å². The van der Waals surface area contributed by atoms with E-state index in [0.29, 0.717) is 13.0 Å². The fraction of sp³-hybridized carbons (Fsp3) is 0.909. The van der Waals surface area contributed by atoms with Crippen molar-refractivity contribution in [3.05, 3.63) is 0 Å². The van der Waals surface area contributed by atoms with E-state index in [1.54, 1.807) is 13.8 Å². The normalized spacial score (nSPS) is 24.4. The van der Waals surface area contributed by atoms with Gasteiger partial charge in [0.25, 0.3) is 0 Å². The molecule has 0 bridgehead atoms. The van der Waals surface area contributed by atoms with Crippen molar-refractivity contribution in [2.75, 3.05) is 19.3 Å². The number of rotatable bonds is 6. The second-order valence-corrected chi connectivity index (χ2v) is 7.28. The fourth-order valence-corrected chi connectivity index (χ4v) is 3.11. The van der Waals surface area contributed by atoms with Gasteiger partial charge in [0.05, 0.1) is 12.4 Å². The van der Waals surface area contributed by atoms with Gasteiger partial charge >= 0.3 is 0 Å². The number of ether oxygens (including phenoxy) is 1. The van der Waals surface area contributed by atoms with E-state index < -0.39 is 21.7 Å². The van der Waals surface area contributed by atoms with Crippen molar-refractivity contribution in [3.63, 3.8) is 0 Å². The number of amides is 1. The molecule has 1 heterocycles. The van der Waals surface area contributed by atoms with Crippen molar-refractivity contribution in [2.45, 2.75) is 44.4 Å². The number of nitrogens with one attached hydrogen (secondary N) is 2. The quantitative estimate of drug-likeness (QED) is 0.578. The molecule has 1 aliphatic heterocycles.